The van der Waals surface area contributed by atoms with Crippen LogP contribution in [0.4, 0.5) is 5.69 Å². The van der Waals surface area contributed by atoms with Crippen LogP contribution in [0, 0.1) is 0 Å². The van der Waals surface area contributed by atoms with Gasteiger partial charge in [0.2, 0.25) is 16.7 Å². The Morgan fingerprint density at radius 2 is 2.04 bits per heavy atom. The molecular formula is C14H13ClN4O3S. The van der Waals surface area contributed by atoms with Crippen LogP contribution in [0.15, 0.2) is 23.3 Å². The summed E-state index contributed by atoms with van der Waals surface area (Å²) >= 11 is 7.10. The summed E-state index contributed by atoms with van der Waals surface area (Å²) in [6, 6.07) is 5.05. The Balaban J connectivity index is 2.18. The van der Waals surface area contributed by atoms with Crippen LogP contribution in [0.3, 0.4) is 0 Å². The fourth-order valence-corrected chi connectivity index (χ4v) is 4.21. The van der Waals surface area contributed by atoms with Crippen molar-refractivity contribution in [2.75, 3.05) is 11.9 Å². The van der Waals surface area contributed by atoms with E-state index in [0.717, 1.165) is 16.8 Å². The van der Waals surface area contributed by atoms with Gasteiger partial charge in [-0.3, -0.25) is 14.4 Å². The molecule has 3 amide bonds. The number of hydrogen-bond donors (Lipinski definition) is 1. The Kier molecular flexibility index (Phi) is 3.61. The molecule has 1 spiro atoms. The number of thioether (sulfide) groups is 1. The van der Waals surface area contributed by atoms with Gasteiger partial charge < -0.3 is 10.2 Å². The van der Waals surface area contributed by atoms with Crippen molar-refractivity contribution >= 4 is 51.9 Å². The number of halogens is 1. The van der Waals surface area contributed by atoms with Gasteiger partial charge in [-0.25, -0.2) is 0 Å². The van der Waals surface area contributed by atoms with Gasteiger partial charge in [0, 0.05) is 31.5 Å². The molecule has 0 radical (unpaired) electrons. The van der Waals surface area contributed by atoms with E-state index in [1.165, 1.54) is 18.7 Å². The Hall–Kier alpha value is -2.06. The number of carbonyl (C=O) groups is 3. The van der Waals surface area contributed by atoms with E-state index in [1.54, 1.807) is 25.2 Å². The van der Waals surface area contributed by atoms with Gasteiger partial charge in [0.15, 0.2) is 5.17 Å². The van der Waals surface area contributed by atoms with Gasteiger partial charge in [0.05, 0.1) is 5.69 Å². The molecule has 7 nitrogen and oxygen atoms in total. The van der Waals surface area contributed by atoms with Crippen molar-refractivity contribution in [1.82, 2.24) is 10.3 Å². The lowest BCUT2D eigenvalue weighted by Crippen LogP contribution is -2.47. The van der Waals surface area contributed by atoms with Crippen molar-refractivity contribution in [3.8, 4) is 0 Å². The van der Waals surface area contributed by atoms with Crippen molar-refractivity contribution < 1.29 is 14.4 Å². The number of amidine groups is 1. The van der Waals surface area contributed by atoms with E-state index < -0.39 is 10.8 Å². The van der Waals surface area contributed by atoms with Gasteiger partial charge in [0.1, 0.15) is 0 Å². The maximum atomic E-state index is 12.9. The summed E-state index contributed by atoms with van der Waals surface area (Å²) in [5.74, 6) is -1.06. The maximum absolute atomic E-state index is 12.9. The van der Waals surface area contributed by atoms with E-state index in [4.69, 9.17) is 11.6 Å². The standard InChI is InChI=1S/C14H13ClN4O3S/c1-7(20)16-13-17-19(8(2)21)14(23-13)10-6-9(15)4-5-11(10)18(3)12(14)22/h4-6H,1-3H3,(H,16,17,20)/t14-/m0/s1. The van der Waals surface area contributed by atoms with Crippen LogP contribution in [0.5, 0.6) is 0 Å². The van der Waals surface area contributed by atoms with Crippen LogP contribution in [-0.4, -0.2) is 34.9 Å². The summed E-state index contributed by atoms with van der Waals surface area (Å²) in [6.07, 6.45) is 0. The fourth-order valence-electron chi connectivity index (χ4n) is 2.69. The van der Waals surface area contributed by atoms with E-state index in [0.29, 0.717) is 16.3 Å². The number of benzene rings is 1. The number of hydrogen-bond acceptors (Lipinski definition) is 5. The Morgan fingerprint density at radius 1 is 1.35 bits per heavy atom. The smallest absolute Gasteiger partial charge is 0.270 e. The number of hydrazone groups is 1. The number of likely N-dealkylation sites (N-methyl/N-ethyl adjacent to an activating group) is 1. The predicted octanol–water partition coefficient (Wildman–Crippen LogP) is 1.47. The average molecular weight is 353 g/mol. The van der Waals surface area contributed by atoms with Crippen LogP contribution in [0.1, 0.15) is 19.4 Å². The van der Waals surface area contributed by atoms with Crippen molar-refractivity contribution in [2.24, 2.45) is 5.10 Å². The molecule has 0 unspecified atom stereocenters. The predicted molar refractivity (Wildman–Crippen MR) is 87.9 cm³/mol. The zero-order chi connectivity index (χ0) is 16.9. The molecule has 0 aromatic heterocycles. The van der Waals surface area contributed by atoms with Gasteiger partial charge in [-0.15, -0.1) is 5.10 Å². The summed E-state index contributed by atoms with van der Waals surface area (Å²) in [5, 5.41) is 8.40. The first-order chi connectivity index (χ1) is 10.8. The summed E-state index contributed by atoms with van der Waals surface area (Å²) in [6.45, 7) is 2.65. The second kappa shape index (κ2) is 5.24. The van der Waals surface area contributed by atoms with E-state index in [1.807, 2.05) is 0 Å². The summed E-state index contributed by atoms with van der Waals surface area (Å²) in [4.78, 5) is 36.4. The minimum absolute atomic E-state index is 0.197. The first-order valence-corrected chi connectivity index (χ1v) is 7.91. The number of nitrogens with one attached hydrogen (secondary N) is 1. The SMILES string of the molecule is CC(=O)NC1=NN(C(C)=O)[C@@]2(S1)C(=O)N(C)c1ccc(Cl)cc12. The molecule has 3 rings (SSSR count). The normalized spacial score (nSPS) is 22.4. The Bertz CT molecular complexity index is 781. The fraction of sp³-hybridized carbons (Fsp3) is 0.286. The third kappa shape index (κ3) is 2.21. The van der Waals surface area contributed by atoms with E-state index in [2.05, 4.69) is 10.4 Å². The number of rotatable bonds is 0. The molecule has 23 heavy (non-hydrogen) atoms. The highest BCUT2D eigenvalue weighted by Gasteiger charge is 2.60. The Morgan fingerprint density at radius 3 is 2.65 bits per heavy atom. The van der Waals surface area contributed by atoms with E-state index in [-0.39, 0.29) is 17.0 Å². The molecule has 1 atom stereocenters. The number of anilines is 1. The zero-order valence-corrected chi connectivity index (χ0v) is 14.2. The first kappa shape index (κ1) is 15.8. The number of amides is 3. The number of carbonyl (C=O) groups excluding carboxylic acids is 3. The number of nitrogens with zero attached hydrogens (tertiary/aromatic N) is 3. The molecule has 1 N–H and O–H groups in total. The molecule has 0 fully saturated rings. The molecule has 0 saturated carbocycles. The summed E-state index contributed by atoms with van der Waals surface area (Å²) < 4.78 is 0. The van der Waals surface area contributed by atoms with Crippen molar-refractivity contribution in [3.63, 3.8) is 0 Å². The molecule has 0 saturated heterocycles. The molecule has 2 heterocycles. The minimum atomic E-state index is -1.38. The molecule has 9 heteroatoms. The lowest BCUT2D eigenvalue weighted by molar-refractivity contribution is -0.139. The van der Waals surface area contributed by atoms with Crippen LogP contribution in [0.2, 0.25) is 5.02 Å². The quantitative estimate of drug-likeness (QED) is 0.766. The largest absolute Gasteiger partial charge is 0.312 e. The van der Waals surface area contributed by atoms with E-state index in [9.17, 15) is 14.4 Å². The zero-order valence-electron chi connectivity index (χ0n) is 12.6. The minimum Gasteiger partial charge on any atom is -0.312 e. The second-order valence-electron chi connectivity index (χ2n) is 5.19. The highest BCUT2D eigenvalue weighted by atomic mass is 35.5. The first-order valence-electron chi connectivity index (χ1n) is 6.71. The van der Waals surface area contributed by atoms with Crippen LogP contribution >= 0.6 is 23.4 Å². The van der Waals surface area contributed by atoms with E-state index >= 15 is 0 Å². The second-order valence-corrected chi connectivity index (χ2v) is 6.81. The summed E-state index contributed by atoms with van der Waals surface area (Å²) in [5.41, 5.74) is 1.22. The van der Waals surface area contributed by atoms with Crippen molar-refractivity contribution in [3.05, 3.63) is 28.8 Å². The van der Waals surface area contributed by atoms with Gasteiger partial charge in [-0.2, -0.15) is 5.01 Å². The third-order valence-corrected chi connectivity index (χ3v) is 5.07. The van der Waals surface area contributed by atoms with Gasteiger partial charge in [-0.1, -0.05) is 11.6 Å². The number of fused-ring (bicyclic) bond motifs is 2. The molecule has 2 aliphatic rings. The lowest BCUT2D eigenvalue weighted by Gasteiger charge is -2.29. The summed E-state index contributed by atoms with van der Waals surface area (Å²) in [7, 11) is 1.62. The van der Waals surface area contributed by atoms with Gasteiger partial charge in [0.25, 0.3) is 5.91 Å². The monoisotopic (exact) mass is 352 g/mol. The highest BCUT2D eigenvalue weighted by molar-refractivity contribution is 8.15. The molecule has 0 bridgehead atoms. The lowest BCUT2D eigenvalue weighted by atomic mass is 10.1. The molecule has 0 aliphatic carbocycles. The van der Waals surface area contributed by atoms with Crippen LogP contribution in [-0.2, 0) is 19.3 Å². The third-order valence-electron chi connectivity index (χ3n) is 3.59. The molecule has 1 aromatic rings. The van der Waals surface area contributed by atoms with Gasteiger partial charge >= 0.3 is 0 Å². The molecule has 2 aliphatic heterocycles. The maximum Gasteiger partial charge on any atom is 0.270 e. The van der Waals surface area contributed by atoms with Crippen LogP contribution in [0.25, 0.3) is 0 Å². The molecule has 120 valence electrons. The Labute approximate surface area is 141 Å². The van der Waals surface area contributed by atoms with Gasteiger partial charge in [-0.05, 0) is 30.0 Å². The molecular weight excluding hydrogens is 340 g/mol. The van der Waals surface area contributed by atoms with Crippen molar-refractivity contribution in [2.45, 2.75) is 18.7 Å². The topological polar surface area (TPSA) is 82.1 Å². The van der Waals surface area contributed by atoms with Crippen molar-refractivity contribution in [1.29, 1.82) is 0 Å². The molecule has 1 aromatic carbocycles. The average Bonchev–Trinajstić information content (AvgIpc) is 2.93. The highest BCUT2D eigenvalue weighted by Crippen LogP contribution is 2.54. The van der Waals surface area contributed by atoms with Crippen LogP contribution < -0.4 is 10.2 Å².